The van der Waals surface area contributed by atoms with E-state index in [1.54, 1.807) is 6.07 Å². The largest absolute Gasteiger partial charge is 0.454 e. The average Bonchev–Trinajstić information content (AvgIpc) is 3.36. The first-order valence-corrected chi connectivity index (χ1v) is 11.7. The molecule has 0 spiro atoms. The molecule has 3 aromatic carbocycles. The monoisotopic (exact) mass is 493 g/mol. The second kappa shape index (κ2) is 10.2. The number of amides is 2. The van der Waals surface area contributed by atoms with E-state index in [9.17, 15) is 18.4 Å². The van der Waals surface area contributed by atoms with Crippen LogP contribution in [-0.4, -0.2) is 37.7 Å². The lowest BCUT2D eigenvalue weighted by molar-refractivity contribution is 0.0925. The van der Waals surface area contributed by atoms with Crippen LogP contribution in [-0.2, 0) is 6.54 Å². The highest BCUT2D eigenvalue weighted by Gasteiger charge is 2.25. The summed E-state index contributed by atoms with van der Waals surface area (Å²) < 4.78 is 37.8. The van der Waals surface area contributed by atoms with Gasteiger partial charge < -0.3 is 25.0 Å². The molecule has 186 valence electrons. The van der Waals surface area contributed by atoms with Gasteiger partial charge >= 0.3 is 0 Å². The SMILES string of the molecule is O=C(NC1CCN(c2ccccc2C(=O)NCc2ccc3c(c2)OCO3)CC1)c1ccc(F)cc1F. The van der Waals surface area contributed by atoms with Gasteiger partial charge in [0.2, 0.25) is 6.79 Å². The molecule has 0 saturated carbocycles. The van der Waals surface area contributed by atoms with Gasteiger partial charge in [0.15, 0.2) is 11.5 Å². The average molecular weight is 494 g/mol. The lowest BCUT2D eigenvalue weighted by Gasteiger charge is -2.35. The first-order chi connectivity index (χ1) is 17.5. The Morgan fingerprint density at radius 1 is 0.889 bits per heavy atom. The molecule has 2 amide bonds. The lowest BCUT2D eigenvalue weighted by Crippen LogP contribution is -2.45. The van der Waals surface area contributed by atoms with Crippen LogP contribution >= 0.6 is 0 Å². The molecule has 2 aliphatic rings. The first-order valence-electron chi connectivity index (χ1n) is 11.7. The van der Waals surface area contributed by atoms with Gasteiger partial charge in [-0.05, 0) is 54.8 Å². The highest BCUT2D eigenvalue weighted by Crippen LogP contribution is 2.32. The third kappa shape index (κ3) is 5.10. The number of halogens is 2. The van der Waals surface area contributed by atoms with Crippen LogP contribution in [0.25, 0.3) is 0 Å². The van der Waals surface area contributed by atoms with Gasteiger partial charge in [-0.25, -0.2) is 8.78 Å². The molecule has 0 aromatic heterocycles. The third-order valence-corrected chi connectivity index (χ3v) is 6.39. The molecule has 0 aliphatic carbocycles. The molecular formula is C27H25F2N3O4. The lowest BCUT2D eigenvalue weighted by atomic mass is 10.0. The number of fused-ring (bicyclic) bond motifs is 1. The normalized spacial score (nSPS) is 15.0. The third-order valence-electron chi connectivity index (χ3n) is 6.39. The number of para-hydroxylation sites is 1. The molecule has 3 aromatic rings. The number of nitrogens with one attached hydrogen (secondary N) is 2. The predicted octanol–water partition coefficient (Wildman–Crippen LogP) is 4.02. The summed E-state index contributed by atoms with van der Waals surface area (Å²) in [5, 5.41) is 5.80. The van der Waals surface area contributed by atoms with Crippen LogP contribution < -0.4 is 25.0 Å². The summed E-state index contributed by atoms with van der Waals surface area (Å²) in [5.41, 5.74) is 2.10. The minimum atomic E-state index is -0.884. The Morgan fingerprint density at radius 2 is 1.67 bits per heavy atom. The minimum Gasteiger partial charge on any atom is -0.454 e. The van der Waals surface area contributed by atoms with E-state index in [1.807, 2.05) is 36.4 Å². The van der Waals surface area contributed by atoms with E-state index in [0.717, 1.165) is 23.4 Å². The second-order valence-electron chi connectivity index (χ2n) is 8.75. The van der Waals surface area contributed by atoms with E-state index in [4.69, 9.17) is 9.47 Å². The van der Waals surface area contributed by atoms with E-state index in [0.29, 0.717) is 55.6 Å². The van der Waals surface area contributed by atoms with Gasteiger partial charge in [0.05, 0.1) is 11.1 Å². The van der Waals surface area contributed by atoms with Crippen LogP contribution in [0.1, 0.15) is 39.1 Å². The molecule has 0 unspecified atom stereocenters. The van der Waals surface area contributed by atoms with Crippen molar-refractivity contribution >= 4 is 17.5 Å². The van der Waals surface area contributed by atoms with Crippen molar-refractivity contribution < 1.29 is 27.8 Å². The maximum atomic E-state index is 13.9. The first kappa shape index (κ1) is 23.6. The number of hydrogen-bond donors (Lipinski definition) is 2. The molecule has 0 radical (unpaired) electrons. The Kier molecular flexibility index (Phi) is 6.71. The number of piperidine rings is 1. The van der Waals surface area contributed by atoms with E-state index >= 15 is 0 Å². The maximum absolute atomic E-state index is 13.9. The molecule has 9 heteroatoms. The quantitative estimate of drug-likeness (QED) is 0.542. The Bertz CT molecular complexity index is 1290. The molecule has 0 atom stereocenters. The summed E-state index contributed by atoms with van der Waals surface area (Å²) in [4.78, 5) is 27.6. The molecule has 2 heterocycles. The van der Waals surface area contributed by atoms with Crippen molar-refractivity contribution in [2.24, 2.45) is 0 Å². The van der Waals surface area contributed by atoms with Crippen LogP contribution in [0.3, 0.4) is 0 Å². The van der Waals surface area contributed by atoms with Gasteiger partial charge in [-0.3, -0.25) is 9.59 Å². The Hall–Kier alpha value is -4.14. The molecule has 1 saturated heterocycles. The van der Waals surface area contributed by atoms with Crippen LogP contribution in [0.15, 0.2) is 60.7 Å². The zero-order valence-corrected chi connectivity index (χ0v) is 19.4. The van der Waals surface area contributed by atoms with Crippen molar-refractivity contribution in [1.29, 1.82) is 0 Å². The van der Waals surface area contributed by atoms with Crippen molar-refractivity contribution in [3.05, 3.63) is 89.0 Å². The van der Waals surface area contributed by atoms with Crippen LogP contribution in [0.4, 0.5) is 14.5 Å². The standard InChI is InChI=1S/C27H25F2N3O4/c28-18-6-7-20(22(29)14-18)27(34)31-19-9-11-32(12-10-19)23-4-2-1-3-21(23)26(33)30-15-17-5-8-24-25(13-17)36-16-35-24/h1-8,13-14,19H,9-12,15-16H2,(H,30,33)(H,31,34). The fourth-order valence-corrected chi connectivity index (χ4v) is 4.47. The fraction of sp³-hybridized carbons (Fsp3) is 0.259. The molecule has 2 aliphatic heterocycles. The zero-order valence-electron chi connectivity index (χ0n) is 19.4. The number of hydrogen-bond acceptors (Lipinski definition) is 5. The van der Waals surface area contributed by atoms with Crippen LogP contribution in [0.2, 0.25) is 0 Å². The van der Waals surface area contributed by atoms with Crippen LogP contribution in [0, 0.1) is 11.6 Å². The fourth-order valence-electron chi connectivity index (χ4n) is 4.47. The van der Waals surface area contributed by atoms with E-state index in [-0.39, 0.29) is 24.3 Å². The Labute approximate surface area is 207 Å². The number of carbonyl (C=O) groups is 2. The molecule has 5 rings (SSSR count). The Morgan fingerprint density at radius 3 is 2.47 bits per heavy atom. The van der Waals surface area contributed by atoms with Crippen molar-refractivity contribution in [3.63, 3.8) is 0 Å². The Balaban J connectivity index is 1.18. The minimum absolute atomic E-state index is 0.148. The van der Waals surface area contributed by atoms with Crippen LogP contribution in [0.5, 0.6) is 11.5 Å². The van der Waals surface area contributed by atoms with Gasteiger partial charge in [-0.1, -0.05) is 18.2 Å². The summed E-state index contributed by atoms with van der Waals surface area (Å²) >= 11 is 0. The smallest absolute Gasteiger partial charge is 0.254 e. The number of ether oxygens (including phenoxy) is 2. The summed E-state index contributed by atoms with van der Waals surface area (Å²) in [7, 11) is 0. The van der Waals surface area contributed by atoms with Gasteiger partial charge in [0, 0.05) is 37.4 Å². The van der Waals surface area contributed by atoms with E-state index in [2.05, 4.69) is 15.5 Å². The molecule has 7 nitrogen and oxygen atoms in total. The van der Waals surface area contributed by atoms with Crippen molar-refractivity contribution in [3.8, 4) is 11.5 Å². The van der Waals surface area contributed by atoms with Gasteiger partial charge in [0.1, 0.15) is 11.6 Å². The van der Waals surface area contributed by atoms with Gasteiger partial charge in [0.25, 0.3) is 11.8 Å². The predicted molar refractivity (Wildman–Crippen MR) is 129 cm³/mol. The highest BCUT2D eigenvalue weighted by atomic mass is 19.1. The summed E-state index contributed by atoms with van der Waals surface area (Å²) in [6, 6.07) is 15.7. The van der Waals surface area contributed by atoms with Gasteiger partial charge in [-0.15, -0.1) is 0 Å². The van der Waals surface area contributed by atoms with E-state index in [1.165, 1.54) is 0 Å². The molecule has 2 N–H and O–H groups in total. The van der Waals surface area contributed by atoms with Crippen molar-refractivity contribution in [2.75, 3.05) is 24.8 Å². The van der Waals surface area contributed by atoms with E-state index < -0.39 is 17.5 Å². The second-order valence-corrected chi connectivity index (χ2v) is 8.75. The number of benzene rings is 3. The molecule has 1 fully saturated rings. The topological polar surface area (TPSA) is 79.9 Å². The molecular weight excluding hydrogens is 468 g/mol. The molecule has 36 heavy (non-hydrogen) atoms. The van der Waals surface area contributed by atoms with Crippen molar-refractivity contribution in [1.82, 2.24) is 10.6 Å². The summed E-state index contributed by atoms with van der Waals surface area (Å²) in [6.45, 7) is 1.77. The van der Waals surface area contributed by atoms with Crippen molar-refractivity contribution in [2.45, 2.75) is 25.4 Å². The number of carbonyl (C=O) groups excluding carboxylic acids is 2. The summed E-state index contributed by atoms with van der Waals surface area (Å²) in [6.07, 6.45) is 1.25. The highest BCUT2D eigenvalue weighted by molar-refractivity contribution is 5.99. The number of nitrogens with zero attached hydrogens (tertiary/aromatic N) is 1. The van der Waals surface area contributed by atoms with Gasteiger partial charge in [-0.2, -0.15) is 0 Å². The molecule has 0 bridgehead atoms. The number of anilines is 1. The maximum Gasteiger partial charge on any atom is 0.254 e. The zero-order chi connectivity index (χ0) is 25.1. The summed E-state index contributed by atoms with van der Waals surface area (Å²) in [5.74, 6) is -1.00. The number of rotatable bonds is 6.